The van der Waals surface area contributed by atoms with Crippen LogP contribution in [0.1, 0.15) is 22.8 Å². The van der Waals surface area contributed by atoms with Crippen molar-refractivity contribution in [3.63, 3.8) is 0 Å². The van der Waals surface area contributed by atoms with Gasteiger partial charge in [-0.3, -0.25) is 10.00 Å². The maximum atomic E-state index is 13.2. The second-order valence-corrected chi connectivity index (χ2v) is 7.39. The predicted octanol–water partition coefficient (Wildman–Crippen LogP) is 2.21. The van der Waals surface area contributed by atoms with Crippen molar-refractivity contribution in [2.45, 2.75) is 25.6 Å². The SMILES string of the molecule is COc1cccc2nc(N)n3nc(CCN4CCc5[nH]nc(C(F)(F)F)c5C4)nc3c12. The van der Waals surface area contributed by atoms with Gasteiger partial charge in [0.1, 0.15) is 5.75 Å². The Kier molecular flexibility index (Phi) is 4.46. The van der Waals surface area contributed by atoms with E-state index in [4.69, 9.17) is 10.5 Å². The summed E-state index contributed by atoms with van der Waals surface area (Å²) in [7, 11) is 1.56. The predicted molar refractivity (Wildman–Crippen MR) is 106 cm³/mol. The van der Waals surface area contributed by atoms with E-state index in [0.717, 1.165) is 0 Å². The normalized spacial score (nSPS) is 15.0. The molecule has 0 radical (unpaired) electrons. The molecule has 1 aliphatic rings. The molecule has 0 amide bonds. The third kappa shape index (κ3) is 3.32. The smallest absolute Gasteiger partial charge is 0.435 e. The molecule has 162 valence electrons. The van der Waals surface area contributed by atoms with Gasteiger partial charge in [0.2, 0.25) is 5.95 Å². The van der Waals surface area contributed by atoms with Gasteiger partial charge in [0.15, 0.2) is 17.2 Å². The molecule has 9 nitrogen and oxygen atoms in total. The van der Waals surface area contributed by atoms with E-state index in [1.54, 1.807) is 7.11 Å². The number of nitrogens with two attached hydrogens (primary N) is 1. The Hall–Kier alpha value is -3.41. The third-order valence-corrected chi connectivity index (χ3v) is 5.48. The van der Waals surface area contributed by atoms with Crippen molar-refractivity contribution in [2.75, 3.05) is 25.9 Å². The fourth-order valence-electron chi connectivity index (χ4n) is 3.99. The molecular weight excluding hydrogens is 413 g/mol. The lowest BCUT2D eigenvalue weighted by Crippen LogP contribution is -2.33. The summed E-state index contributed by atoms with van der Waals surface area (Å²) in [5.74, 6) is 1.34. The number of aromatic nitrogens is 6. The van der Waals surface area contributed by atoms with Gasteiger partial charge in [0.05, 0.1) is 18.0 Å². The van der Waals surface area contributed by atoms with Crippen LogP contribution in [0.15, 0.2) is 18.2 Å². The molecule has 0 aliphatic carbocycles. The number of halogens is 3. The molecule has 0 unspecified atom stereocenters. The number of ether oxygens (including phenoxy) is 1. The van der Waals surface area contributed by atoms with Gasteiger partial charge in [-0.25, -0.2) is 9.97 Å². The lowest BCUT2D eigenvalue weighted by atomic mass is 10.0. The van der Waals surface area contributed by atoms with Gasteiger partial charge in [-0.05, 0) is 12.1 Å². The van der Waals surface area contributed by atoms with Crippen molar-refractivity contribution in [2.24, 2.45) is 0 Å². The molecule has 0 saturated carbocycles. The number of anilines is 1. The highest BCUT2D eigenvalue weighted by molar-refractivity contribution is 5.97. The number of hydrogen-bond acceptors (Lipinski definition) is 7. The van der Waals surface area contributed by atoms with Crippen LogP contribution in [0.2, 0.25) is 0 Å². The topological polar surface area (TPSA) is 110 Å². The number of fused-ring (bicyclic) bond motifs is 4. The van der Waals surface area contributed by atoms with Crippen LogP contribution in [0, 0.1) is 0 Å². The number of aromatic amines is 1. The minimum Gasteiger partial charge on any atom is -0.496 e. The first-order chi connectivity index (χ1) is 14.8. The monoisotopic (exact) mass is 432 g/mol. The summed E-state index contributed by atoms with van der Waals surface area (Å²) >= 11 is 0. The Morgan fingerprint density at radius 1 is 1.26 bits per heavy atom. The van der Waals surface area contributed by atoms with E-state index in [1.165, 1.54) is 4.52 Å². The Bertz CT molecular complexity index is 1280. The Morgan fingerprint density at radius 2 is 2.10 bits per heavy atom. The van der Waals surface area contributed by atoms with E-state index in [9.17, 15) is 13.2 Å². The van der Waals surface area contributed by atoms with E-state index in [0.29, 0.717) is 59.7 Å². The standard InChI is InChI=1S/C19H19F3N8O/c1-31-13-4-2-3-12-15(13)17-25-14(28-30(17)18(23)24-12)6-8-29-7-5-11-10(9-29)16(27-26-11)19(20,21)22/h2-4H,5-9H2,1H3,(H2,23,24)(H,26,27). The average Bonchev–Trinajstić information content (AvgIpc) is 3.36. The van der Waals surface area contributed by atoms with Crippen molar-refractivity contribution in [1.82, 2.24) is 34.7 Å². The Balaban J connectivity index is 1.40. The van der Waals surface area contributed by atoms with Crippen LogP contribution in [0.4, 0.5) is 19.1 Å². The zero-order valence-electron chi connectivity index (χ0n) is 16.6. The number of H-pyrrole nitrogens is 1. The van der Waals surface area contributed by atoms with Crippen LogP contribution in [-0.2, 0) is 25.6 Å². The number of hydrogen-bond donors (Lipinski definition) is 2. The van der Waals surface area contributed by atoms with Crippen molar-refractivity contribution in [3.05, 3.63) is 41.0 Å². The van der Waals surface area contributed by atoms with E-state index in [2.05, 4.69) is 25.3 Å². The molecule has 1 aromatic carbocycles. The van der Waals surface area contributed by atoms with Gasteiger partial charge in [0, 0.05) is 43.7 Å². The van der Waals surface area contributed by atoms with Gasteiger partial charge in [-0.1, -0.05) is 6.07 Å². The molecule has 0 spiro atoms. The number of nitrogens with one attached hydrogen (secondary N) is 1. The van der Waals surface area contributed by atoms with Crippen LogP contribution < -0.4 is 10.5 Å². The first kappa shape index (κ1) is 19.5. The second kappa shape index (κ2) is 7.08. The number of methoxy groups -OCH3 is 1. The van der Waals surface area contributed by atoms with Crippen molar-refractivity contribution < 1.29 is 17.9 Å². The summed E-state index contributed by atoms with van der Waals surface area (Å²) in [6.07, 6.45) is -3.54. The van der Waals surface area contributed by atoms with Gasteiger partial charge in [0.25, 0.3) is 0 Å². The zero-order chi connectivity index (χ0) is 21.8. The van der Waals surface area contributed by atoms with Crippen molar-refractivity contribution in [1.29, 1.82) is 0 Å². The summed E-state index contributed by atoms with van der Waals surface area (Å²) < 4.78 is 46.4. The Labute approximate surface area is 174 Å². The van der Waals surface area contributed by atoms with Gasteiger partial charge in [-0.2, -0.15) is 22.8 Å². The van der Waals surface area contributed by atoms with Crippen LogP contribution in [0.5, 0.6) is 5.75 Å². The van der Waals surface area contributed by atoms with Gasteiger partial charge in [-0.15, -0.1) is 5.10 Å². The highest BCUT2D eigenvalue weighted by Gasteiger charge is 2.39. The van der Waals surface area contributed by atoms with Gasteiger partial charge < -0.3 is 10.5 Å². The lowest BCUT2D eigenvalue weighted by Gasteiger charge is -2.26. The molecule has 4 aromatic rings. The van der Waals surface area contributed by atoms with Gasteiger partial charge >= 0.3 is 6.18 Å². The number of nitrogen functional groups attached to an aromatic ring is 1. The fraction of sp³-hybridized carbons (Fsp3) is 0.368. The molecule has 1 aliphatic heterocycles. The molecular formula is C19H19F3N8O. The van der Waals surface area contributed by atoms with E-state index in [-0.39, 0.29) is 18.1 Å². The van der Waals surface area contributed by atoms with Crippen LogP contribution in [0.25, 0.3) is 16.6 Å². The summed E-state index contributed by atoms with van der Waals surface area (Å²) in [6, 6.07) is 5.44. The third-order valence-electron chi connectivity index (χ3n) is 5.48. The maximum absolute atomic E-state index is 13.2. The van der Waals surface area contributed by atoms with Crippen LogP contribution in [-0.4, -0.2) is 54.9 Å². The molecule has 0 bridgehead atoms. The number of nitrogens with zero attached hydrogens (tertiary/aromatic N) is 6. The highest BCUT2D eigenvalue weighted by atomic mass is 19.4. The van der Waals surface area contributed by atoms with Crippen molar-refractivity contribution in [3.8, 4) is 5.75 Å². The molecule has 0 atom stereocenters. The summed E-state index contributed by atoms with van der Waals surface area (Å²) in [5.41, 5.74) is 7.15. The van der Waals surface area contributed by atoms with Crippen LogP contribution in [0.3, 0.4) is 0 Å². The fourth-order valence-corrected chi connectivity index (χ4v) is 3.99. The largest absolute Gasteiger partial charge is 0.496 e. The molecule has 3 N–H and O–H groups in total. The molecule has 31 heavy (non-hydrogen) atoms. The maximum Gasteiger partial charge on any atom is 0.435 e. The minimum absolute atomic E-state index is 0.175. The second-order valence-electron chi connectivity index (χ2n) is 7.39. The molecule has 5 rings (SSSR count). The first-order valence-electron chi connectivity index (χ1n) is 9.68. The molecule has 0 fully saturated rings. The lowest BCUT2D eigenvalue weighted by molar-refractivity contribution is -0.142. The summed E-state index contributed by atoms with van der Waals surface area (Å²) in [5, 5.41) is 11.1. The van der Waals surface area contributed by atoms with Crippen LogP contribution >= 0.6 is 0 Å². The number of alkyl halides is 3. The van der Waals surface area contributed by atoms with Crippen molar-refractivity contribution >= 4 is 22.5 Å². The zero-order valence-corrected chi connectivity index (χ0v) is 16.6. The molecule has 3 aromatic heterocycles. The first-order valence-corrected chi connectivity index (χ1v) is 9.68. The van der Waals surface area contributed by atoms with E-state index >= 15 is 0 Å². The molecule has 0 saturated heterocycles. The summed E-state index contributed by atoms with van der Waals surface area (Å²) in [6.45, 7) is 1.30. The number of benzene rings is 1. The summed E-state index contributed by atoms with van der Waals surface area (Å²) in [4.78, 5) is 10.9. The molecule has 12 heteroatoms. The molecule has 4 heterocycles. The Morgan fingerprint density at radius 3 is 2.87 bits per heavy atom. The minimum atomic E-state index is -4.47. The highest BCUT2D eigenvalue weighted by Crippen LogP contribution is 2.34. The quantitative estimate of drug-likeness (QED) is 0.509. The average molecular weight is 432 g/mol. The van der Waals surface area contributed by atoms with E-state index in [1.807, 2.05) is 23.1 Å². The van der Waals surface area contributed by atoms with E-state index < -0.39 is 11.9 Å². The number of rotatable bonds is 4.